The summed E-state index contributed by atoms with van der Waals surface area (Å²) in [5.74, 6) is -3.42. The summed E-state index contributed by atoms with van der Waals surface area (Å²) in [6.45, 7) is -0.631. The van der Waals surface area contributed by atoms with Gasteiger partial charge in [0.05, 0.1) is 34.1 Å². The van der Waals surface area contributed by atoms with E-state index in [4.69, 9.17) is 27.9 Å². The molecule has 2 aromatic rings. The fraction of sp³-hybridized carbons (Fsp3) is 0.471. The molecule has 0 radical (unpaired) electrons. The lowest BCUT2D eigenvalue weighted by Gasteiger charge is -2.41. The zero-order valence-electron chi connectivity index (χ0n) is 26.4. The van der Waals surface area contributed by atoms with Gasteiger partial charge in [-0.05, 0) is 49.8 Å². The molecule has 0 aromatic heterocycles. The fourth-order valence-electron chi connectivity index (χ4n) is 6.33. The van der Waals surface area contributed by atoms with Gasteiger partial charge in [0, 0.05) is 19.0 Å². The first kappa shape index (κ1) is 35.2. The number of hydrogen-bond donors (Lipinski definition) is 3. The van der Waals surface area contributed by atoms with Crippen LogP contribution in [-0.4, -0.2) is 83.3 Å². The van der Waals surface area contributed by atoms with E-state index in [9.17, 15) is 28.8 Å². The summed E-state index contributed by atoms with van der Waals surface area (Å²) in [7, 11) is 0. The number of ether oxygens (including phenoxy) is 1. The largest absolute Gasteiger partial charge is 0.454 e. The number of carbonyl (C=O) groups is 6. The molecule has 14 heteroatoms. The number of benzene rings is 2. The Morgan fingerprint density at radius 2 is 1.56 bits per heavy atom. The number of hydrogen-bond acceptors (Lipinski definition) is 7. The fourth-order valence-corrected chi connectivity index (χ4v) is 6.88. The number of rotatable bonds is 10. The maximum Gasteiger partial charge on any atom is 0.341 e. The predicted octanol–water partition coefficient (Wildman–Crippen LogP) is 3.83. The molecule has 0 bridgehead atoms. The van der Waals surface area contributed by atoms with Crippen molar-refractivity contribution in [3.63, 3.8) is 0 Å². The average Bonchev–Trinajstić information content (AvgIpc) is 3.19. The van der Waals surface area contributed by atoms with Crippen LogP contribution < -0.4 is 16.0 Å². The van der Waals surface area contributed by atoms with E-state index >= 15 is 0 Å². The van der Waals surface area contributed by atoms with Crippen LogP contribution >= 0.6 is 23.2 Å². The summed E-state index contributed by atoms with van der Waals surface area (Å²) in [6.07, 6.45) is 5.56. The van der Waals surface area contributed by atoms with Crippen molar-refractivity contribution < 1.29 is 33.5 Å². The number of esters is 1. The monoisotopic (exact) mass is 699 g/mol. The molecule has 0 spiro atoms. The Bertz CT molecular complexity index is 1510. The van der Waals surface area contributed by atoms with Gasteiger partial charge >= 0.3 is 12.0 Å². The van der Waals surface area contributed by atoms with E-state index in [1.165, 1.54) is 22.2 Å². The van der Waals surface area contributed by atoms with Crippen LogP contribution in [0.25, 0.3) is 0 Å². The van der Waals surface area contributed by atoms with Crippen molar-refractivity contribution in [3.05, 3.63) is 69.7 Å². The average molecular weight is 701 g/mol. The van der Waals surface area contributed by atoms with Crippen LogP contribution in [0.4, 0.5) is 4.79 Å². The van der Waals surface area contributed by atoms with Gasteiger partial charge in [-0.2, -0.15) is 0 Å². The van der Waals surface area contributed by atoms with Crippen molar-refractivity contribution in [2.24, 2.45) is 5.92 Å². The van der Waals surface area contributed by atoms with Crippen molar-refractivity contribution in [2.45, 2.75) is 75.9 Å². The molecule has 2 unspecified atom stereocenters. The van der Waals surface area contributed by atoms with Gasteiger partial charge in [0.25, 0.3) is 5.91 Å². The molecule has 2 aliphatic heterocycles. The van der Waals surface area contributed by atoms with Crippen LogP contribution in [0.1, 0.15) is 67.3 Å². The lowest BCUT2D eigenvalue weighted by Crippen LogP contribution is -2.61. The first-order valence-electron chi connectivity index (χ1n) is 16.3. The molecule has 3 N–H and O–H groups in total. The van der Waals surface area contributed by atoms with E-state index in [0.29, 0.717) is 0 Å². The van der Waals surface area contributed by atoms with Gasteiger partial charge in [-0.15, -0.1) is 0 Å². The number of nitrogens with one attached hydrogen (secondary N) is 3. The molecular formula is C34H39Cl2N5O7. The van der Waals surface area contributed by atoms with Crippen molar-refractivity contribution in [1.29, 1.82) is 0 Å². The highest BCUT2D eigenvalue weighted by Crippen LogP contribution is 2.26. The lowest BCUT2D eigenvalue weighted by atomic mass is 9.96. The second-order valence-electron chi connectivity index (χ2n) is 12.4. The Labute approximate surface area is 288 Å². The highest BCUT2D eigenvalue weighted by Gasteiger charge is 2.42. The minimum Gasteiger partial charge on any atom is -0.454 e. The van der Waals surface area contributed by atoms with Crippen molar-refractivity contribution in [1.82, 2.24) is 26.0 Å². The zero-order chi connectivity index (χ0) is 34.2. The van der Waals surface area contributed by atoms with Gasteiger partial charge in [0.15, 0.2) is 12.4 Å². The van der Waals surface area contributed by atoms with Crippen molar-refractivity contribution >= 4 is 58.7 Å². The molecule has 5 rings (SSSR count). The third-order valence-corrected chi connectivity index (χ3v) is 9.61. The topological polar surface area (TPSA) is 154 Å². The summed E-state index contributed by atoms with van der Waals surface area (Å²) in [4.78, 5) is 79.2. The number of halogens is 2. The number of nitrogens with zero attached hydrogens (tertiary/aromatic N) is 2. The van der Waals surface area contributed by atoms with Crippen LogP contribution in [0, 0.1) is 5.92 Å². The second-order valence-corrected chi connectivity index (χ2v) is 13.2. The molecule has 5 amide bonds. The molecule has 1 saturated carbocycles. The number of fused-ring (bicyclic) bond motifs is 1. The summed E-state index contributed by atoms with van der Waals surface area (Å²) in [5, 5.41) is 11.2. The maximum absolute atomic E-state index is 13.7. The van der Waals surface area contributed by atoms with Gasteiger partial charge in [-0.1, -0.05) is 78.9 Å². The van der Waals surface area contributed by atoms with Gasteiger partial charge in [-0.3, -0.25) is 24.2 Å². The third-order valence-electron chi connectivity index (χ3n) is 8.98. The van der Waals surface area contributed by atoms with Gasteiger partial charge in [-0.25, -0.2) is 14.6 Å². The quantitative estimate of drug-likeness (QED) is 0.319. The Morgan fingerprint density at radius 3 is 2.27 bits per heavy atom. The number of Topliss-reactive ketones (excluding diaryl/α,β-unsaturated/α-hetero) is 1. The molecular weight excluding hydrogens is 661 g/mol. The van der Waals surface area contributed by atoms with E-state index in [2.05, 4.69) is 16.0 Å². The first-order chi connectivity index (χ1) is 23.1. The second kappa shape index (κ2) is 16.3. The zero-order valence-corrected chi connectivity index (χ0v) is 27.9. The number of urea groups is 1. The summed E-state index contributed by atoms with van der Waals surface area (Å²) in [6, 6.07) is 11.2. The minimum absolute atomic E-state index is 0.0461. The number of carbonyl (C=O) groups excluding carboxylic acids is 6. The highest BCUT2D eigenvalue weighted by atomic mass is 35.5. The molecule has 256 valence electrons. The van der Waals surface area contributed by atoms with Crippen LogP contribution in [0.3, 0.4) is 0 Å². The summed E-state index contributed by atoms with van der Waals surface area (Å²) in [5.41, 5.74) is 0.695. The van der Waals surface area contributed by atoms with Crippen LogP contribution in [0.5, 0.6) is 0 Å². The smallest absolute Gasteiger partial charge is 0.341 e. The van der Waals surface area contributed by atoms with Crippen LogP contribution in [-0.2, 0) is 30.3 Å². The Balaban J connectivity index is 1.24. The van der Waals surface area contributed by atoms with Gasteiger partial charge in [0.2, 0.25) is 11.8 Å². The van der Waals surface area contributed by atoms with E-state index in [0.717, 1.165) is 37.7 Å². The molecule has 2 saturated heterocycles. The third kappa shape index (κ3) is 8.84. The van der Waals surface area contributed by atoms with Gasteiger partial charge in [0.1, 0.15) is 6.04 Å². The van der Waals surface area contributed by atoms with Crippen LogP contribution in [0.15, 0.2) is 48.5 Å². The SMILES string of the molecule is O=C(NC1CCCCC1)NC1CCC(=O)N2CCC(C(=O)N[C@@H](Cc3ccccc3)C(=O)COC(=O)c3c(Cl)cccc3Cl)CN2C1=O. The first-order valence-corrected chi connectivity index (χ1v) is 17.0. The Morgan fingerprint density at radius 1 is 0.854 bits per heavy atom. The van der Waals surface area contributed by atoms with E-state index in [-0.39, 0.29) is 66.3 Å². The molecule has 2 heterocycles. The molecule has 3 atom stereocenters. The van der Waals surface area contributed by atoms with E-state index in [1.54, 1.807) is 30.3 Å². The number of amides is 5. The summed E-state index contributed by atoms with van der Waals surface area (Å²) < 4.78 is 5.25. The van der Waals surface area contributed by atoms with Gasteiger partial charge < -0.3 is 20.7 Å². The molecule has 48 heavy (non-hydrogen) atoms. The normalized spacial score (nSPS) is 20.6. The Kier molecular flexibility index (Phi) is 11.9. The standard InChI is InChI=1S/C34H39Cl2N5O7/c35-24-12-7-13-25(36)30(24)33(46)48-20-28(42)27(18-21-8-3-1-4-9-21)38-31(44)22-16-17-40-29(43)15-14-26(32(45)41(40)19-22)39-34(47)37-23-10-5-2-6-11-23/h1,3-4,7-9,12-13,22-23,26-27H,2,5-6,10-11,14-20H2,(H,38,44)(H2,37,39,47)/t22?,26?,27-/m0/s1. The highest BCUT2D eigenvalue weighted by molar-refractivity contribution is 6.39. The minimum atomic E-state index is -1.06. The lowest BCUT2D eigenvalue weighted by molar-refractivity contribution is -0.170. The maximum atomic E-state index is 13.7. The molecule has 1 aliphatic carbocycles. The molecule has 2 aromatic carbocycles. The predicted molar refractivity (Wildman–Crippen MR) is 177 cm³/mol. The van der Waals surface area contributed by atoms with Crippen molar-refractivity contribution in [3.8, 4) is 0 Å². The molecule has 3 aliphatic rings. The number of ketones is 1. The van der Waals surface area contributed by atoms with E-state index in [1.807, 2.05) is 6.07 Å². The molecule has 3 fully saturated rings. The van der Waals surface area contributed by atoms with E-state index < -0.39 is 54.2 Å². The summed E-state index contributed by atoms with van der Waals surface area (Å²) >= 11 is 12.2. The van der Waals surface area contributed by atoms with Crippen molar-refractivity contribution in [2.75, 3.05) is 19.7 Å². The molecule has 12 nitrogen and oxygen atoms in total. The Hall–Kier alpha value is -4.16. The number of hydrazine groups is 1. The van der Waals surface area contributed by atoms with Crippen LogP contribution in [0.2, 0.25) is 10.0 Å².